The molecule has 112 valence electrons. The van der Waals surface area contributed by atoms with Gasteiger partial charge >= 0.3 is 6.09 Å². The largest absolute Gasteiger partial charge is 0.449 e. The van der Waals surface area contributed by atoms with Crippen molar-refractivity contribution in [3.8, 4) is 6.07 Å². The normalized spacial score (nSPS) is 9.86. The van der Waals surface area contributed by atoms with E-state index in [4.69, 9.17) is 10.00 Å². The smallest absolute Gasteiger partial charge is 0.411 e. The van der Waals surface area contributed by atoms with Gasteiger partial charge in [-0.15, -0.1) is 12.6 Å². The van der Waals surface area contributed by atoms with Crippen LogP contribution in [0.25, 0.3) is 0 Å². The Hall–Kier alpha value is -1.97. The molecule has 0 aromatic heterocycles. The first-order valence-electron chi connectivity index (χ1n) is 6.50. The minimum atomic E-state index is -0.548. The summed E-state index contributed by atoms with van der Waals surface area (Å²) in [5, 5.41) is 11.5. The van der Waals surface area contributed by atoms with Crippen LogP contribution in [-0.4, -0.2) is 12.7 Å². The number of nitrogens with zero attached hydrogens (tertiary/aromatic N) is 1. The molecule has 0 aliphatic heterocycles. The molecule has 1 N–H and O–H groups in total. The molecule has 2 rings (SSSR count). The molecule has 0 heterocycles. The van der Waals surface area contributed by atoms with Crippen LogP contribution in [-0.2, 0) is 11.2 Å². The third kappa shape index (κ3) is 4.79. The van der Waals surface area contributed by atoms with E-state index in [9.17, 15) is 4.79 Å². The monoisotopic (exact) mass is 376 g/mol. The fourth-order valence-electron chi connectivity index (χ4n) is 1.77. The summed E-state index contributed by atoms with van der Waals surface area (Å²) in [5.74, 6) is 0. The third-order valence-electron chi connectivity index (χ3n) is 2.90. The van der Waals surface area contributed by atoms with E-state index >= 15 is 0 Å². The number of carbonyl (C=O) groups excluding carboxylic acids is 1. The second-order valence-electron chi connectivity index (χ2n) is 4.48. The van der Waals surface area contributed by atoms with Crippen LogP contribution in [0.15, 0.2) is 51.8 Å². The maximum absolute atomic E-state index is 11.7. The maximum atomic E-state index is 11.7. The van der Waals surface area contributed by atoms with Crippen molar-refractivity contribution in [2.24, 2.45) is 0 Å². The number of thiol groups is 1. The first kappa shape index (κ1) is 16.4. The summed E-state index contributed by atoms with van der Waals surface area (Å²) in [4.78, 5) is 12.3. The highest BCUT2D eigenvalue weighted by atomic mass is 79.9. The van der Waals surface area contributed by atoms with Gasteiger partial charge in [-0.05, 0) is 35.9 Å². The van der Waals surface area contributed by atoms with E-state index < -0.39 is 6.09 Å². The van der Waals surface area contributed by atoms with Gasteiger partial charge in [0.05, 0.1) is 12.2 Å². The minimum Gasteiger partial charge on any atom is -0.449 e. The second-order valence-corrected chi connectivity index (χ2v) is 5.88. The minimum absolute atomic E-state index is 0.281. The van der Waals surface area contributed by atoms with Crippen molar-refractivity contribution in [1.29, 1.82) is 5.26 Å². The zero-order chi connectivity index (χ0) is 15.9. The van der Waals surface area contributed by atoms with E-state index in [1.54, 1.807) is 18.2 Å². The molecular formula is C16H13BrN2O2S. The van der Waals surface area contributed by atoms with Crippen molar-refractivity contribution in [3.05, 3.63) is 58.1 Å². The molecule has 0 bridgehead atoms. The molecule has 0 aliphatic rings. The predicted molar refractivity (Wildman–Crippen MR) is 91.2 cm³/mol. The number of nitriles is 1. The van der Waals surface area contributed by atoms with Crippen molar-refractivity contribution in [1.82, 2.24) is 0 Å². The number of hydrogen-bond acceptors (Lipinski definition) is 4. The Morgan fingerprint density at radius 1 is 1.27 bits per heavy atom. The van der Waals surface area contributed by atoms with E-state index in [1.807, 2.05) is 30.3 Å². The van der Waals surface area contributed by atoms with Gasteiger partial charge in [-0.25, -0.2) is 4.79 Å². The Bertz CT molecular complexity index is 711. The summed E-state index contributed by atoms with van der Waals surface area (Å²) in [7, 11) is 0. The van der Waals surface area contributed by atoms with Gasteiger partial charge in [0, 0.05) is 21.5 Å². The van der Waals surface area contributed by atoms with Crippen molar-refractivity contribution in [2.45, 2.75) is 11.3 Å². The molecule has 4 nitrogen and oxygen atoms in total. The third-order valence-corrected chi connectivity index (χ3v) is 3.82. The zero-order valence-electron chi connectivity index (χ0n) is 11.5. The summed E-state index contributed by atoms with van der Waals surface area (Å²) < 4.78 is 6.13. The van der Waals surface area contributed by atoms with Gasteiger partial charge in [0.1, 0.15) is 6.07 Å². The number of halogens is 1. The molecule has 0 unspecified atom stereocenters. The molecule has 0 aliphatic carbocycles. The number of carbonyl (C=O) groups is 1. The van der Waals surface area contributed by atoms with E-state index in [0.717, 1.165) is 10.0 Å². The maximum Gasteiger partial charge on any atom is 0.411 e. The van der Waals surface area contributed by atoms with Crippen LogP contribution in [0.5, 0.6) is 0 Å². The van der Waals surface area contributed by atoms with Gasteiger partial charge in [0.15, 0.2) is 0 Å². The van der Waals surface area contributed by atoms with Gasteiger partial charge in [-0.2, -0.15) is 5.26 Å². The standard InChI is InChI=1S/C16H13BrN2O2S/c17-13-3-1-11(2-4-13)7-8-21-16(20)19-14-5-6-15(22)12(9-14)10-18/h1-6,9,22H,7-8H2,(H,19,20). The first-order valence-corrected chi connectivity index (χ1v) is 7.74. The van der Waals surface area contributed by atoms with Gasteiger partial charge in [-0.1, -0.05) is 28.1 Å². The molecule has 0 saturated heterocycles. The number of nitrogens with one attached hydrogen (secondary N) is 1. The molecule has 2 aromatic carbocycles. The molecule has 0 fully saturated rings. The van der Waals surface area contributed by atoms with Gasteiger partial charge in [0.2, 0.25) is 0 Å². The molecule has 1 amide bonds. The van der Waals surface area contributed by atoms with Crippen LogP contribution in [0.1, 0.15) is 11.1 Å². The van der Waals surface area contributed by atoms with Crippen molar-refractivity contribution >= 4 is 40.3 Å². The average molecular weight is 377 g/mol. The Morgan fingerprint density at radius 2 is 2.00 bits per heavy atom. The van der Waals surface area contributed by atoms with Crippen LogP contribution < -0.4 is 5.32 Å². The topological polar surface area (TPSA) is 62.1 Å². The van der Waals surface area contributed by atoms with Gasteiger partial charge < -0.3 is 4.74 Å². The quantitative estimate of drug-likeness (QED) is 0.777. The van der Waals surface area contributed by atoms with E-state index in [-0.39, 0.29) is 6.61 Å². The Kier molecular flexibility index (Phi) is 5.87. The fourth-order valence-corrected chi connectivity index (χ4v) is 2.22. The summed E-state index contributed by atoms with van der Waals surface area (Å²) in [6.45, 7) is 0.281. The van der Waals surface area contributed by atoms with E-state index in [1.165, 1.54) is 0 Å². The summed E-state index contributed by atoms with van der Waals surface area (Å²) >= 11 is 7.52. The van der Waals surface area contributed by atoms with Crippen LogP contribution in [0.2, 0.25) is 0 Å². The lowest BCUT2D eigenvalue weighted by Gasteiger charge is -2.08. The molecule has 0 atom stereocenters. The molecule has 6 heteroatoms. The second kappa shape index (κ2) is 7.87. The lowest BCUT2D eigenvalue weighted by molar-refractivity contribution is 0.163. The summed E-state index contributed by atoms with van der Waals surface area (Å²) in [6, 6.07) is 14.7. The van der Waals surface area contributed by atoms with Gasteiger partial charge in [0.25, 0.3) is 0 Å². The van der Waals surface area contributed by atoms with Crippen molar-refractivity contribution in [2.75, 3.05) is 11.9 Å². The number of amides is 1. The summed E-state index contributed by atoms with van der Waals surface area (Å²) in [6.07, 6.45) is 0.0904. The Balaban J connectivity index is 1.83. The highest BCUT2D eigenvalue weighted by Gasteiger charge is 2.06. The van der Waals surface area contributed by atoms with Gasteiger partial charge in [-0.3, -0.25) is 5.32 Å². The average Bonchev–Trinajstić information content (AvgIpc) is 2.51. The van der Waals surface area contributed by atoms with E-state index in [0.29, 0.717) is 22.6 Å². The predicted octanol–water partition coefficient (Wildman–Crippen LogP) is 4.40. The molecule has 0 saturated carbocycles. The number of rotatable bonds is 4. The van der Waals surface area contributed by atoms with Crippen LogP contribution in [0, 0.1) is 11.3 Å². The number of ether oxygens (including phenoxy) is 1. The highest BCUT2D eigenvalue weighted by molar-refractivity contribution is 9.10. The van der Waals surface area contributed by atoms with Crippen LogP contribution in [0.3, 0.4) is 0 Å². The SMILES string of the molecule is N#Cc1cc(NC(=O)OCCc2ccc(Br)cc2)ccc1S. The van der Waals surface area contributed by atoms with E-state index in [2.05, 4.69) is 33.9 Å². The fraction of sp³-hybridized carbons (Fsp3) is 0.125. The molecule has 0 radical (unpaired) electrons. The molecular weight excluding hydrogens is 364 g/mol. The highest BCUT2D eigenvalue weighted by Crippen LogP contribution is 2.18. The molecule has 2 aromatic rings. The van der Waals surface area contributed by atoms with Crippen LogP contribution >= 0.6 is 28.6 Å². The van der Waals surface area contributed by atoms with Crippen molar-refractivity contribution < 1.29 is 9.53 Å². The molecule has 22 heavy (non-hydrogen) atoms. The Morgan fingerprint density at radius 3 is 2.68 bits per heavy atom. The lowest BCUT2D eigenvalue weighted by atomic mass is 10.2. The summed E-state index contributed by atoms with van der Waals surface area (Å²) in [5.41, 5.74) is 1.99. The Labute approximate surface area is 142 Å². The first-order chi connectivity index (χ1) is 10.6. The van der Waals surface area contributed by atoms with Crippen LogP contribution in [0.4, 0.5) is 10.5 Å². The number of anilines is 1. The van der Waals surface area contributed by atoms with Crippen molar-refractivity contribution in [3.63, 3.8) is 0 Å². The zero-order valence-corrected chi connectivity index (χ0v) is 14.0. The number of hydrogen-bond donors (Lipinski definition) is 2. The lowest BCUT2D eigenvalue weighted by Crippen LogP contribution is -2.15. The molecule has 0 spiro atoms. The number of benzene rings is 2.